The minimum atomic E-state index is -2.69. The predicted octanol–water partition coefficient (Wildman–Crippen LogP) is 3.48. The van der Waals surface area contributed by atoms with Crippen molar-refractivity contribution in [1.82, 2.24) is 34.3 Å². The van der Waals surface area contributed by atoms with Crippen molar-refractivity contribution in [1.29, 1.82) is 0 Å². The molecule has 0 atom stereocenters. The molecule has 0 saturated carbocycles. The van der Waals surface area contributed by atoms with Crippen LogP contribution in [-0.4, -0.2) is 66.4 Å². The van der Waals surface area contributed by atoms with Gasteiger partial charge in [0.15, 0.2) is 5.65 Å². The van der Waals surface area contributed by atoms with Crippen LogP contribution in [0.15, 0.2) is 36.0 Å². The van der Waals surface area contributed by atoms with Crippen molar-refractivity contribution in [3.8, 4) is 11.3 Å². The zero-order chi connectivity index (χ0) is 23.8. The lowest BCUT2D eigenvalue weighted by atomic mass is 10.1. The van der Waals surface area contributed by atoms with Crippen LogP contribution in [0.4, 0.5) is 8.78 Å². The third kappa shape index (κ3) is 4.45. The highest BCUT2D eigenvalue weighted by atomic mass is 32.1. The fraction of sp³-hybridized carbons (Fsp3) is 0.391. The highest BCUT2D eigenvalue weighted by Gasteiger charge is 2.25. The number of fused-ring (bicyclic) bond motifs is 1. The van der Waals surface area contributed by atoms with Crippen LogP contribution in [-0.2, 0) is 24.9 Å². The van der Waals surface area contributed by atoms with Gasteiger partial charge in [-0.25, -0.2) is 18.4 Å². The van der Waals surface area contributed by atoms with Gasteiger partial charge in [0.25, 0.3) is 6.43 Å². The van der Waals surface area contributed by atoms with Gasteiger partial charge < -0.3 is 4.90 Å². The summed E-state index contributed by atoms with van der Waals surface area (Å²) in [5.74, 6) is -0.0904. The van der Waals surface area contributed by atoms with Gasteiger partial charge in [-0.3, -0.25) is 14.4 Å². The Morgan fingerprint density at radius 2 is 2.03 bits per heavy atom. The Hall–Kier alpha value is -3.18. The van der Waals surface area contributed by atoms with Crippen molar-refractivity contribution in [2.24, 2.45) is 7.05 Å². The lowest BCUT2D eigenvalue weighted by Crippen LogP contribution is -2.49. The van der Waals surface area contributed by atoms with Gasteiger partial charge in [-0.1, -0.05) is 6.07 Å². The summed E-state index contributed by atoms with van der Waals surface area (Å²) in [6.07, 6.45) is 0.611. The fourth-order valence-electron chi connectivity index (χ4n) is 4.38. The van der Waals surface area contributed by atoms with Gasteiger partial charge in [-0.15, -0.1) is 11.3 Å². The lowest BCUT2D eigenvalue weighted by Gasteiger charge is -2.34. The molecule has 1 amide bonds. The molecular weight excluding hydrogens is 460 g/mol. The van der Waals surface area contributed by atoms with Gasteiger partial charge in [-0.2, -0.15) is 10.2 Å². The fourth-order valence-corrected chi connectivity index (χ4v) is 5.12. The monoisotopic (exact) mass is 485 g/mol. The van der Waals surface area contributed by atoms with Crippen LogP contribution in [0, 0.1) is 6.92 Å². The number of hydrogen-bond donors (Lipinski definition) is 0. The molecule has 0 spiro atoms. The van der Waals surface area contributed by atoms with Crippen LogP contribution in [0.1, 0.15) is 22.6 Å². The second-order valence-corrected chi connectivity index (χ2v) is 9.51. The summed E-state index contributed by atoms with van der Waals surface area (Å²) in [6, 6.07) is 5.55. The molecule has 1 aliphatic heterocycles. The van der Waals surface area contributed by atoms with E-state index in [0.29, 0.717) is 41.1 Å². The van der Waals surface area contributed by atoms with E-state index in [9.17, 15) is 13.6 Å². The van der Waals surface area contributed by atoms with Crippen LogP contribution in [0.25, 0.3) is 22.3 Å². The van der Waals surface area contributed by atoms with Gasteiger partial charge in [0.05, 0.1) is 23.0 Å². The van der Waals surface area contributed by atoms with Crippen molar-refractivity contribution in [2.75, 3.05) is 26.2 Å². The van der Waals surface area contributed by atoms with Crippen molar-refractivity contribution in [2.45, 2.75) is 26.4 Å². The van der Waals surface area contributed by atoms with Crippen molar-refractivity contribution < 1.29 is 13.6 Å². The largest absolute Gasteiger partial charge is 0.339 e. The molecule has 8 nitrogen and oxygen atoms in total. The molecule has 1 aliphatic rings. The number of aromatic nitrogens is 5. The molecule has 0 bridgehead atoms. The number of thiophene rings is 1. The first kappa shape index (κ1) is 22.6. The van der Waals surface area contributed by atoms with Gasteiger partial charge >= 0.3 is 0 Å². The first-order valence-corrected chi connectivity index (χ1v) is 11.9. The van der Waals surface area contributed by atoms with E-state index in [0.717, 1.165) is 19.6 Å². The summed E-state index contributed by atoms with van der Waals surface area (Å²) in [4.78, 5) is 23.1. The average molecular weight is 486 g/mol. The van der Waals surface area contributed by atoms with Crippen LogP contribution < -0.4 is 0 Å². The van der Waals surface area contributed by atoms with E-state index < -0.39 is 6.43 Å². The van der Waals surface area contributed by atoms with Gasteiger partial charge in [-0.05, 0) is 24.4 Å². The van der Waals surface area contributed by atoms with E-state index in [4.69, 9.17) is 0 Å². The molecule has 34 heavy (non-hydrogen) atoms. The molecule has 5 rings (SSSR count). The Kier molecular flexibility index (Phi) is 6.13. The molecule has 1 fully saturated rings. The number of nitrogens with zero attached hydrogens (tertiary/aromatic N) is 7. The Labute approximate surface area is 199 Å². The Bertz CT molecular complexity index is 1310. The maximum Gasteiger partial charge on any atom is 0.264 e. The number of amides is 1. The third-order valence-electron chi connectivity index (χ3n) is 6.11. The second kappa shape index (κ2) is 9.22. The minimum Gasteiger partial charge on any atom is -0.339 e. The van der Waals surface area contributed by atoms with Crippen molar-refractivity contribution >= 4 is 28.3 Å². The molecule has 0 N–H and O–H groups in total. The maximum absolute atomic E-state index is 13.9. The third-order valence-corrected chi connectivity index (χ3v) is 6.97. The highest BCUT2D eigenvalue weighted by Crippen LogP contribution is 2.33. The van der Waals surface area contributed by atoms with Crippen molar-refractivity contribution in [3.63, 3.8) is 0 Å². The number of carbonyl (C=O) groups excluding carboxylic acids is 1. The summed E-state index contributed by atoms with van der Waals surface area (Å²) < 4.78 is 30.9. The van der Waals surface area contributed by atoms with E-state index in [-0.39, 0.29) is 18.0 Å². The Morgan fingerprint density at radius 3 is 2.68 bits per heavy atom. The maximum atomic E-state index is 13.9. The quantitative estimate of drug-likeness (QED) is 0.418. The number of alkyl halides is 2. The molecule has 1 saturated heterocycles. The number of piperazine rings is 1. The summed E-state index contributed by atoms with van der Waals surface area (Å²) in [5, 5.41) is 10.9. The van der Waals surface area contributed by atoms with E-state index >= 15 is 0 Å². The number of rotatable bonds is 6. The molecule has 11 heteroatoms. The van der Waals surface area contributed by atoms with Crippen LogP contribution in [0.5, 0.6) is 0 Å². The second-order valence-electron chi connectivity index (χ2n) is 8.48. The first-order valence-electron chi connectivity index (χ1n) is 11.1. The molecule has 0 unspecified atom stereocenters. The van der Waals surface area contributed by atoms with Crippen LogP contribution in [0.3, 0.4) is 0 Å². The van der Waals surface area contributed by atoms with Gasteiger partial charge in [0.1, 0.15) is 6.54 Å². The average Bonchev–Trinajstić information content (AvgIpc) is 3.55. The number of pyridine rings is 1. The number of halogens is 2. The summed E-state index contributed by atoms with van der Waals surface area (Å²) in [5.41, 5.74) is 1.60. The molecule has 0 radical (unpaired) electrons. The van der Waals surface area contributed by atoms with Crippen molar-refractivity contribution in [3.05, 3.63) is 52.1 Å². The normalized spacial score (nSPS) is 15.0. The van der Waals surface area contributed by atoms with Gasteiger partial charge in [0.2, 0.25) is 5.91 Å². The summed E-state index contributed by atoms with van der Waals surface area (Å²) >= 11 is 1.73. The lowest BCUT2D eigenvalue weighted by molar-refractivity contribution is -0.133. The molecule has 0 aliphatic carbocycles. The molecule has 0 aromatic carbocycles. The predicted molar refractivity (Wildman–Crippen MR) is 126 cm³/mol. The number of aryl methyl sites for hydroxylation is 2. The van der Waals surface area contributed by atoms with E-state index in [2.05, 4.69) is 31.5 Å². The number of carbonyl (C=O) groups is 1. The minimum absolute atomic E-state index is 0.0402. The van der Waals surface area contributed by atoms with E-state index in [1.165, 1.54) is 15.6 Å². The zero-order valence-corrected chi connectivity index (χ0v) is 19.8. The molecule has 178 valence electrons. The first-order chi connectivity index (χ1) is 16.4. The summed E-state index contributed by atoms with van der Waals surface area (Å²) in [6.45, 7) is 5.35. The summed E-state index contributed by atoms with van der Waals surface area (Å²) in [7, 11) is 1.75. The Balaban J connectivity index is 1.37. The highest BCUT2D eigenvalue weighted by molar-refractivity contribution is 7.09. The zero-order valence-electron chi connectivity index (χ0n) is 19.0. The van der Waals surface area contributed by atoms with E-state index in [1.807, 2.05) is 11.0 Å². The van der Waals surface area contributed by atoms with Crippen LogP contribution in [0.2, 0.25) is 0 Å². The van der Waals surface area contributed by atoms with Gasteiger partial charge in [0, 0.05) is 62.0 Å². The standard InChI is InChI=1S/C23H25F2N7OS/c1-15-21-18(22(24)25)10-19(16-11-26-29(2)12-16)27-23(21)32(28-15)14-20(33)31-7-5-30(6-8-31)13-17-4-3-9-34-17/h3-4,9-12,22H,5-8,13-14H2,1-2H3. The molecule has 4 aromatic rings. The molecule has 4 aromatic heterocycles. The topological polar surface area (TPSA) is 72.1 Å². The smallest absolute Gasteiger partial charge is 0.264 e. The molecule has 5 heterocycles. The molecular formula is C23H25F2N7OS. The van der Waals surface area contributed by atoms with Crippen LogP contribution >= 0.6 is 11.3 Å². The Morgan fingerprint density at radius 1 is 1.24 bits per heavy atom. The number of hydrogen-bond acceptors (Lipinski definition) is 6. The SMILES string of the molecule is Cc1nn(CC(=O)N2CCN(Cc3cccs3)CC2)c2nc(-c3cnn(C)c3)cc(C(F)F)c12. The van der Waals surface area contributed by atoms with E-state index in [1.54, 1.807) is 42.4 Å².